The summed E-state index contributed by atoms with van der Waals surface area (Å²) in [5.41, 5.74) is 8.61. The molecular weight excluding hydrogens is 356 g/mol. The Morgan fingerprint density at radius 2 is 2.07 bits per heavy atom. The number of nitrogens with one attached hydrogen (secondary N) is 1. The maximum absolute atomic E-state index is 12.6. The van der Waals surface area contributed by atoms with Crippen LogP contribution in [0.4, 0.5) is 5.82 Å². The Kier molecular flexibility index (Phi) is 5.44. The number of nitrogen functional groups attached to an aromatic ring is 1. The zero-order valence-electron chi connectivity index (χ0n) is 16.0. The predicted molar refractivity (Wildman–Crippen MR) is 109 cm³/mol. The van der Waals surface area contributed by atoms with E-state index in [1.165, 1.54) is 13.2 Å². The normalized spacial score (nSPS) is 12.2. The maximum atomic E-state index is 12.6. The van der Waals surface area contributed by atoms with Crippen LogP contribution in [0.3, 0.4) is 0 Å². The molecule has 0 radical (unpaired) electrons. The van der Waals surface area contributed by atoms with Gasteiger partial charge in [0.2, 0.25) is 5.91 Å². The van der Waals surface area contributed by atoms with E-state index in [2.05, 4.69) is 9.97 Å². The van der Waals surface area contributed by atoms with Gasteiger partial charge in [0.15, 0.2) is 0 Å². The summed E-state index contributed by atoms with van der Waals surface area (Å²) in [6.45, 7) is 1.95. The van der Waals surface area contributed by atoms with Crippen molar-refractivity contribution in [3.8, 4) is 0 Å². The van der Waals surface area contributed by atoms with Crippen molar-refractivity contribution in [2.45, 2.75) is 13.0 Å². The number of rotatable bonds is 5. The highest BCUT2D eigenvalue weighted by atomic mass is 16.5. The lowest BCUT2D eigenvalue weighted by molar-refractivity contribution is -0.126. The number of carbonyl (C=O) groups excluding carboxylic acids is 2. The van der Waals surface area contributed by atoms with Crippen molar-refractivity contribution in [2.75, 3.05) is 19.9 Å². The second kappa shape index (κ2) is 7.96. The summed E-state index contributed by atoms with van der Waals surface area (Å²) in [5.74, 6) is -0.0885. The highest BCUT2D eigenvalue weighted by molar-refractivity contribution is 5.96. The van der Waals surface area contributed by atoms with E-state index < -0.39 is 0 Å². The molecule has 1 amide bonds. The van der Waals surface area contributed by atoms with Crippen molar-refractivity contribution >= 4 is 34.7 Å². The number of carbonyl (C=O) groups is 2. The van der Waals surface area contributed by atoms with E-state index in [0.717, 1.165) is 22.0 Å². The zero-order chi connectivity index (χ0) is 20.3. The molecule has 28 heavy (non-hydrogen) atoms. The standard InChI is InChI=1S/C21H22N4O3/c1-13(25(2)20(26)9-5-14-4-8-19(22)24-11-14)17-12-23-18-10-15(21(27)28-3)6-7-16(17)18/h4-13,23H,1-3H3,(H2,22,24). The zero-order valence-corrected chi connectivity index (χ0v) is 16.0. The lowest BCUT2D eigenvalue weighted by atomic mass is 10.0. The fourth-order valence-corrected chi connectivity index (χ4v) is 2.94. The number of esters is 1. The van der Waals surface area contributed by atoms with Crippen LogP contribution in [0.2, 0.25) is 0 Å². The van der Waals surface area contributed by atoms with Crippen molar-refractivity contribution < 1.29 is 14.3 Å². The van der Waals surface area contributed by atoms with Gasteiger partial charge in [0.05, 0.1) is 18.7 Å². The third-order valence-corrected chi connectivity index (χ3v) is 4.74. The average molecular weight is 378 g/mol. The summed E-state index contributed by atoms with van der Waals surface area (Å²) in [4.78, 5) is 33.1. The van der Waals surface area contributed by atoms with E-state index >= 15 is 0 Å². The number of methoxy groups -OCH3 is 1. The SMILES string of the molecule is COC(=O)c1ccc2c(C(C)N(C)C(=O)C=Cc3ccc(N)nc3)c[nH]c2c1. The van der Waals surface area contributed by atoms with Gasteiger partial charge >= 0.3 is 5.97 Å². The van der Waals surface area contributed by atoms with Crippen molar-refractivity contribution in [1.29, 1.82) is 0 Å². The second-order valence-corrected chi connectivity index (χ2v) is 6.47. The topological polar surface area (TPSA) is 101 Å². The Labute approximate surface area is 162 Å². The number of nitrogens with two attached hydrogens (primary N) is 1. The number of anilines is 1. The van der Waals surface area contributed by atoms with Gasteiger partial charge in [0.25, 0.3) is 0 Å². The van der Waals surface area contributed by atoms with Gasteiger partial charge in [-0.25, -0.2) is 9.78 Å². The maximum Gasteiger partial charge on any atom is 0.337 e. The lowest BCUT2D eigenvalue weighted by Crippen LogP contribution is -2.27. The molecule has 0 aliphatic heterocycles. The number of hydrogen-bond donors (Lipinski definition) is 2. The molecule has 1 aromatic carbocycles. The number of fused-ring (bicyclic) bond motifs is 1. The van der Waals surface area contributed by atoms with Crippen LogP contribution in [0, 0.1) is 0 Å². The first-order valence-electron chi connectivity index (χ1n) is 8.76. The van der Waals surface area contributed by atoms with Gasteiger partial charge in [-0.1, -0.05) is 6.07 Å². The number of pyridine rings is 1. The third-order valence-electron chi connectivity index (χ3n) is 4.74. The van der Waals surface area contributed by atoms with E-state index in [4.69, 9.17) is 10.5 Å². The van der Waals surface area contributed by atoms with E-state index in [1.54, 1.807) is 48.5 Å². The summed E-state index contributed by atoms with van der Waals surface area (Å²) in [6.07, 6.45) is 6.68. The predicted octanol–water partition coefficient (Wildman–Crippen LogP) is 3.16. The molecule has 0 saturated heterocycles. The Morgan fingerprint density at radius 1 is 1.29 bits per heavy atom. The summed E-state index contributed by atoms with van der Waals surface area (Å²) in [5, 5.41) is 0.950. The lowest BCUT2D eigenvalue weighted by Gasteiger charge is -2.23. The molecule has 0 aliphatic rings. The van der Waals surface area contributed by atoms with Crippen LogP contribution in [0.15, 0.2) is 48.8 Å². The van der Waals surface area contributed by atoms with Gasteiger partial charge < -0.3 is 20.4 Å². The fourth-order valence-electron chi connectivity index (χ4n) is 2.94. The highest BCUT2D eigenvalue weighted by Gasteiger charge is 2.19. The van der Waals surface area contributed by atoms with Crippen molar-refractivity contribution in [2.24, 2.45) is 0 Å². The third kappa shape index (κ3) is 3.88. The molecular formula is C21H22N4O3. The number of hydrogen-bond acceptors (Lipinski definition) is 5. The first-order chi connectivity index (χ1) is 13.4. The van der Waals surface area contributed by atoms with Gasteiger partial charge in [0.1, 0.15) is 5.82 Å². The molecule has 0 aliphatic carbocycles. The number of aromatic nitrogens is 2. The number of amides is 1. The molecule has 0 bridgehead atoms. The van der Waals surface area contributed by atoms with E-state index in [0.29, 0.717) is 11.4 Å². The molecule has 0 spiro atoms. The number of likely N-dealkylation sites (N-methyl/N-ethyl adjacent to an activating group) is 1. The molecule has 0 fully saturated rings. The Hall–Kier alpha value is -3.61. The molecule has 2 heterocycles. The Balaban J connectivity index is 1.78. The van der Waals surface area contributed by atoms with Crippen molar-refractivity contribution in [3.05, 3.63) is 65.5 Å². The van der Waals surface area contributed by atoms with Crippen LogP contribution >= 0.6 is 0 Å². The summed E-state index contributed by atoms with van der Waals surface area (Å²) < 4.78 is 4.75. The minimum atomic E-state index is -0.388. The Morgan fingerprint density at radius 3 is 2.75 bits per heavy atom. The minimum Gasteiger partial charge on any atom is -0.465 e. The smallest absolute Gasteiger partial charge is 0.337 e. The quantitative estimate of drug-likeness (QED) is 0.524. The van der Waals surface area contributed by atoms with Gasteiger partial charge in [-0.2, -0.15) is 0 Å². The molecule has 2 aromatic heterocycles. The van der Waals surface area contributed by atoms with Crippen molar-refractivity contribution in [3.63, 3.8) is 0 Å². The molecule has 1 unspecified atom stereocenters. The van der Waals surface area contributed by atoms with Crippen LogP contribution in [0.25, 0.3) is 17.0 Å². The average Bonchev–Trinajstić information content (AvgIpc) is 3.14. The summed E-state index contributed by atoms with van der Waals surface area (Å²) in [7, 11) is 3.10. The van der Waals surface area contributed by atoms with Gasteiger partial charge in [0, 0.05) is 36.4 Å². The van der Waals surface area contributed by atoms with E-state index in [-0.39, 0.29) is 17.9 Å². The fraction of sp³-hybridized carbons (Fsp3) is 0.190. The molecule has 7 heteroatoms. The number of ether oxygens (including phenoxy) is 1. The minimum absolute atomic E-state index is 0.134. The number of benzene rings is 1. The Bertz CT molecular complexity index is 1040. The number of nitrogens with zero attached hydrogens (tertiary/aromatic N) is 2. The van der Waals surface area contributed by atoms with Crippen LogP contribution in [0.5, 0.6) is 0 Å². The molecule has 7 nitrogen and oxygen atoms in total. The van der Waals surface area contributed by atoms with E-state index in [1.807, 2.05) is 19.2 Å². The molecule has 144 valence electrons. The molecule has 3 N–H and O–H groups in total. The summed E-state index contributed by atoms with van der Waals surface area (Å²) >= 11 is 0. The van der Waals surface area contributed by atoms with Crippen molar-refractivity contribution in [1.82, 2.24) is 14.9 Å². The second-order valence-electron chi connectivity index (χ2n) is 6.47. The first kappa shape index (κ1) is 19.2. The largest absolute Gasteiger partial charge is 0.465 e. The van der Waals surface area contributed by atoms with Gasteiger partial charge in [-0.05, 0) is 48.4 Å². The number of H-pyrrole nitrogens is 1. The highest BCUT2D eigenvalue weighted by Crippen LogP contribution is 2.28. The molecule has 1 atom stereocenters. The van der Waals surface area contributed by atoms with E-state index in [9.17, 15) is 9.59 Å². The van der Waals surface area contributed by atoms with Crippen LogP contribution in [0.1, 0.15) is 34.5 Å². The monoisotopic (exact) mass is 378 g/mol. The van der Waals surface area contributed by atoms with Crippen LogP contribution in [-0.2, 0) is 9.53 Å². The first-order valence-corrected chi connectivity index (χ1v) is 8.76. The van der Waals surface area contributed by atoms with Crippen LogP contribution < -0.4 is 5.73 Å². The number of aromatic amines is 1. The molecule has 3 rings (SSSR count). The van der Waals surface area contributed by atoms with Gasteiger partial charge in [-0.3, -0.25) is 4.79 Å². The van der Waals surface area contributed by atoms with Crippen LogP contribution in [-0.4, -0.2) is 40.9 Å². The summed E-state index contributed by atoms with van der Waals surface area (Å²) in [6, 6.07) is 8.64. The van der Waals surface area contributed by atoms with Gasteiger partial charge in [-0.15, -0.1) is 0 Å². The molecule has 0 saturated carbocycles. The molecule has 3 aromatic rings.